The highest BCUT2D eigenvalue weighted by Gasteiger charge is 2.24. The normalized spacial score (nSPS) is 11.9. The van der Waals surface area contributed by atoms with Gasteiger partial charge in [0.05, 0.1) is 16.7 Å². The number of hydrogen-bond acceptors (Lipinski definition) is 9. The van der Waals surface area contributed by atoms with E-state index in [1.165, 1.54) is 34.4 Å². The summed E-state index contributed by atoms with van der Waals surface area (Å²) in [4.78, 5) is 28.9. The van der Waals surface area contributed by atoms with Gasteiger partial charge in [-0.05, 0) is 18.4 Å². The fourth-order valence-electron chi connectivity index (χ4n) is 2.40. The summed E-state index contributed by atoms with van der Waals surface area (Å²) in [5.41, 5.74) is 6.07. The number of nitrogens with zero attached hydrogens (tertiary/aromatic N) is 5. The third-order valence-electron chi connectivity index (χ3n) is 3.72. The smallest absolute Gasteiger partial charge is 0.219 e. The number of amides is 1. The van der Waals surface area contributed by atoms with Gasteiger partial charge >= 0.3 is 0 Å². The van der Waals surface area contributed by atoms with Gasteiger partial charge in [0.2, 0.25) is 5.91 Å². The second-order valence-electron chi connectivity index (χ2n) is 5.80. The minimum atomic E-state index is -0.898. The van der Waals surface area contributed by atoms with E-state index in [-0.39, 0.29) is 18.0 Å². The molecule has 0 aliphatic rings. The third-order valence-corrected chi connectivity index (χ3v) is 6.60. The van der Waals surface area contributed by atoms with Crippen LogP contribution in [0.25, 0.3) is 10.7 Å². The van der Waals surface area contributed by atoms with E-state index < -0.39 is 11.8 Å². The molecule has 0 saturated heterocycles. The Morgan fingerprint density at radius 2 is 2.21 bits per heavy atom. The predicted molar refractivity (Wildman–Crippen MR) is 108 cm³/mol. The molecule has 1 amide bonds. The van der Waals surface area contributed by atoms with Crippen molar-refractivity contribution < 1.29 is 9.59 Å². The summed E-state index contributed by atoms with van der Waals surface area (Å²) in [5, 5.41) is 22.5. The summed E-state index contributed by atoms with van der Waals surface area (Å²) in [6.45, 7) is 2.14. The molecule has 0 aliphatic heterocycles. The van der Waals surface area contributed by atoms with Crippen LogP contribution in [-0.2, 0) is 16.1 Å². The lowest BCUT2D eigenvalue weighted by Crippen LogP contribution is -2.16. The summed E-state index contributed by atoms with van der Waals surface area (Å²) < 4.78 is 1.78. The van der Waals surface area contributed by atoms with E-state index in [4.69, 9.17) is 5.73 Å². The number of primary amides is 1. The van der Waals surface area contributed by atoms with Crippen molar-refractivity contribution in [1.29, 1.82) is 5.26 Å². The van der Waals surface area contributed by atoms with Gasteiger partial charge in [-0.2, -0.15) is 5.26 Å². The molecule has 0 bridgehead atoms. The number of Topliss-reactive ketones (excluding diaryl/α,β-unsaturated/α-hetero) is 1. The first-order valence-electron chi connectivity index (χ1n) is 8.22. The molecular weight excluding hydrogens is 416 g/mol. The molecule has 3 aromatic heterocycles. The van der Waals surface area contributed by atoms with Crippen molar-refractivity contribution >= 4 is 46.1 Å². The van der Waals surface area contributed by atoms with Gasteiger partial charge in [-0.3, -0.25) is 9.59 Å². The van der Waals surface area contributed by atoms with Crippen LogP contribution in [-0.4, -0.2) is 37.2 Å². The van der Waals surface area contributed by atoms with Crippen molar-refractivity contribution in [3.05, 3.63) is 33.6 Å². The van der Waals surface area contributed by atoms with Crippen molar-refractivity contribution in [3.8, 4) is 16.8 Å². The van der Waals surface area contributed by atoms with Gasteiger partial charge in [0, 0.05) is 24.0 Å². The van der Waals surface area contributed by atoms with Gasteiger partial charge < -0.3 is 10.3 Å². The zero-order valence-corrected chi connectivity index (χ0v) is 17.3. The maximum absolute atomic E-state index is 12.6. The topological polar surface area (TPSA) is 128 Å². The first kappa shape index (κ1) is 20.2. The number of thiophene rings is 1. The summed E-state index contributed by atoms with van der Waals surface area (Å²) in [5.74, 6) is -0.898. The highest BCUT2D eigenvalue weighted by Crippen LogP contribution is 2.29. The van der Waals surface area contributed by atoms with E-state index in [1.54, 1.807) is 4.57 Å². The van der Waals surface area contributed by atoms with Crippen molar-refractivity contribution in [2.75, 3.05) is 5.75 Å². The van der Waals surface area contributed by atoms with Crippen LogP contribution < -0.4 is 5.73 Å². The molecule has 11 heteroatoms. The van der Waals surface area contributed by atoms with Crippen LogP contribution >= 0.6 is 34.4 Å². The molecule has 0 aliphatic carbocycles. The standard InChI is InChI=1S/C17H16N6O2S3/c1-10-8-27-16(20-10)11(7-18)12(24)9-28-17-22-21-15(13-3-2-6-26-13)23(17)5-4-14(19)25/h2-3,6,8,11H,4-5,9H2,1H3,(H2,19,25). The van der Waals surface area contributed by atoms with Crippen molar-refractivity contribution in [2.45, 2.75) is 31.0 Å². The summed E-state index contributed by atoms with van der Waals surface area (Å²) >= 11 is 3.99. The SMILES string of the molecule is Cc1csc(C(C#N)C(=O)CSc2nnc(-c3cccs3)n2CCC(N)=O)n1. The Labute approximate surface area is 173 Å². The van der Waals surface area contributed by atoms with E-state index in [0.717, 1.165) is 10.6 Å². The minimum absolute atomic E-state index is 0.0516. The minimum Gasteiger partial charge on any atom is -0.370 e. The number of rotatable bonds is 9. The molecule has 144 valence electrons. The number of thiazole rings is 1. The van der Waals surface area contributed by atoms with E-state index in [0.29, 0.717) is 22.5 Å². The molecule has 0 fully saturated rings. The lowest BCUT2D eigenvalue weighted by atomic mass is 10.1. The second kappa shape index (κ2) is 9.09. The molecule has 3 aromatic rings. The Morgan fingerprint density at radius 1 is 1.39 bits per heavy atom. The van der Waals surface area contributed by atoms with Crippen LogP contribution in [0.5, 0.6) is 0 Å². The number of thioether (sulfide) groups is 1. The zero-order valence-electron chi connectivity index (χ0n) is 14.9. The predicted octanol–water partition coefficient (Wildman–Crippen LogP) is 2.62. The first-order chi connectivity index (χ1) is 13.5. The van der Waals surface area contributed by atoms with Crippen molar-refractivity contribution in [3.63, 3.8) is 0 Å². The average Bonchev–Trinajstić information content (AvgIpc) is 3.39. The van der Waals surface area contributed by atoms with Crippen LogP contribution in [0.4, 0.5) is 0 Å². The largest absolute Gasteiger partial charge is 0.370 e. The molecular formula is C17H16N6O2S3. The summed E-state index contributed by atoms with van der Waals surface area (Å²) in [7, 11) is 0. The summed E-state index contributed by atoms with van der Waals surface area (Å²) in [6.07, 6.45) is 0.136. The number of carbonyl (C=O) groups excluding carboxylic acids is 2. The maximum Gasteiger partial charge on any atom is 0.219 e. The van der Waals surface area contributed by atoms with Gasteiger partial charge in [0.15, 0.2) is 22.7 Å². The average molecular weight is 433 g/mol. The Morgan fingerprint density at radius 3 is 2.82 bits per heavy atom. The van der Waals surface area contributed by atoms with Crippen LogP contribution in [0, 0.1) is 18.3 Å². The number of hydrogen-bond donors (Lipinski definition) is 1. The highest BCUT2D eigenvalue weighted by molar-refractivity contribution is 7.99. The van der Waals surface area contributed by atoms with Crippen molar-refractivity contribution in [2.24, 2.45) is 5.73 Å². The monoisotopic (exact) mass is 432 g/mol. The molecule has 0 radical (unpaired) electrons. The molecule has 0 spiro atoms. The van der Waals surface area contributed by atoms with E-state index in [9.17, 15) is 14.9 Å². The lowest BCUT2D eigenvalue weighted by molar-refractivity contribution is -0.118. The Bertz CT molecular complexity index is 1020. The van der Waals surface area contributed by atoms with Crippen LogP contribution in [0.1, 0.15) is 23.0 Å². The summed E-state index contributed by atoms with van der Waals surface area (Å²) in [6, 6.07) is 5.84. The number of ketones is 1. The van der Waals surface area contributed by atoms with Gasteiger partial charge in [-0.15, -0.1) is 32.9 Å². The first-order valence-corrected chi connectivity index (χ1v) is 11.0. The Hall–Kier alpha value is -2.55. The maximum atomic E-state index is 12.6. The molecule has 1 unspecified atom stereocenters. The van der Waals surface area contributed by atoms with Gasteiger partial charge in [-0.25, -0.2) is 4.98 Å². The molecule has 3 rings (SSSR count). The molecule has 1 atom stereocenters. The molecule has 2 N–H and O–H groups in total. The van der Waals surface area contributed by atoms with Crippen LogP contribution in [0.3, 0.4) is 0 Å². The quantitative estimate of drug-likeness (QED) is 0.515. The van der Waals surface area contributed by atoms with Gasteiger partial charge in [-0.1, -0.05) is 17.8 Å². The number of aryl methyl sites for hydroxylation is 1. The van der Waals surface area contributed by atoms with E-state index >= 15 is 0 Å². The molecule has 28 heavy (non-hydrogen) atoms. The zero-order chi connectivity index (χ0) is 20.1. The molecule has 3 heterocycles. The number of aromatic nitrogens is 4. The molecule has 0 saturated carbocycles. The Kier molecular flexibility index (Phi) is 6.56. The van der Waals surface area contributed by atoms with Gasteiger partial charge in [0.25, 0.3) is 0 Å². The fraction of sp³-hybridized carbons (Fsp3) is 0.294. The second-order valence-corrected chi connectivity index (χ2v) is 8.58. The van der Waals surface area contributed by atoms with Crippen LogP contribution in [0.15, 0.2) is 28.0 Å². The number of nitrogens with two attached hydrogens (primary N) is 1. The third kappa shape index (κ3) is 4.64. The molecule has 8 nitrogen and oxygen atoms in total. The lowest BCUT2D eigenvalue weighted by Gasteiger charge is -2.09. The number of carbonyl (C=O) groups is 2. The van der Waals surface area contributed by atoms with Crippen molar-refractivity contribution in [1.82, 2.24) is 19.7 Å². The number of nitriles is 1. The Balaban J connectivity index is 1.77. The van der Waals surface area contributed by atoms with Crippen LogP contribution in [0.2, 0.25) is 0 Å². The fourth-order valence-corrected chi connectivity index (χ4v) is 4.84. The van der Waals surface area contributed by atoms with Gasteiger partial charge in [0.1, 0.15) is 5.01 Å². The van der Waals surface area contributed by atoms with E-state index in [1.807, 2.05) is 35.9 Å². The molecule has 0 aromatic carbocycles. The highest BCUT2D eigenvalue weighted by atomic mass is 32.2. The van der Waals surface area contributed by atoms with E-state index in [2.05, 4.69) is 15.2 Å².